The number of benzene rings is 1. The molecule has 0 aliphatic rings. The molecule has 1 aromatic rings. The van der Waals surface area contributed by atoms with Gasteiger partial charge in [0.05, 0.1) is 13.0 Å². The number of carboxylic acids is 1. The minimum atomic E-state index is -0.868. The third kappa shape index (κ3) is 2.74. The number of aliphatic carboxylic acids is 1. The standard InChI is InChI=1S/C10H13NO3/c1-14-6-7-2-3-9(11)4-8(7)5-10(12)13/h2-4H,5-6,11H2,1H3,(H,12,13). The minimum Gasteiger partial charge on any atom is -0.481 e. The summed E-state index contributed by atoms with van der Waals surface area (Å²) < 4.78 is 4.96. The van der Waals surface area contributed by atoms with Gasteiger partial charge in [0.25, 0.3) is 0 Å². The number of hydrogen-bond donors (Lipinski definition) is 2. The number of carboxylic acid groups (broad SMARTS) is 1. The highest BCUT2D eigenvalue weighted by molar-refractivity contribution is 5.71. The van der Waals surface area contributed by atoms with Gasteiger partial charge in [-0.05, 0) is 23.3 Å². The van der Waals surface area contributed by atoms with E-state index in [2.05, 4.69) is 0 Å². The van der Waals surface area contributed by atoms with Gasteiger partial charge in [-0.15, -0.1) is 0 Å². The van der Waals surface area contributed by atoms with Gasteiger partial charge in [-0.3, -0.25) is 4.79 Å². The van der Waals surface area contributed by atoms with Gasteiger partial charge in [-0.25, -0.2) is 0 Å². The van der Waals surface area contributed by atoms with E-state index in [9.17, 15) is 4.79 Å². The number of hydrogen-bond acceptors (Lipinski definition) is 3. The molecule has 0 fully saturated rings. The maximum absolute atomic E-state index is 10.6. The second-order valence-corrected chi connectivity index (χ2v) is 3.03. The summed E-state index contributed by atoms with van der Waals surface area (Å²) in [6, 6.07) is 5.19. The molecule has 0 aromatic heterocycles. The van der Waals surface area contributed by atoms with Crippen LogP contribution in [0.15, 0.2) is 18.2 Å². The molecular weight excluding hydrogens is 182 g/mol. The van der Waals surface area contributed by atoms with E-state index < -0.39 is 5.97 Å². The van der Waals surface area contributed by atoms with E-state index in [0.717, 1.165) is 5.56 Å². The van der Waals surface area contributed by atoms with Crippen LogP contribution in [-0.2, 0) is 22.6 Å². The Balaban J connectivity index is 2.96. The fraction of sp³-hybridized carbons (Fsp3) is 0.300. The largest absolute Gasteiger partial charge is 0.481 e. The summed E-state index contributed by atoms with van der Waals surface area (Å²) >= 11 is 0. The fourth-order valence-corrected chi connectivity index (χ4v) is 1.27. The molecule has 0 bridgehead atoms. The van der Waals surface area contributed by atoms with Crippen LogP contribution in [0.25, 0.3) is 0 Å². The Bertz CT molecular complexity index is 336. The van der Waals surface area contributed by atoms with Crippen LogP contribution in [0.5, 0.6) is 0 Å². The second-order valence-electron chi connectivity index (χ2n) is 3.03. The molecular formula is C10H13NO3. The zero-order valence-electron chi connectivity index (χ0n) is 7.99. The molecule has 1 aromatic carbocycles. The van der Waals surface area contributed by atoms with E-state index in [4.69, 9.17) is 15.6 Å². The molecule has 0 saturated carbocycles. The monoisotopic (exact) mass is 195 g/mol. The molecule has 14 heavy (non-hydrogen) atoms. The summed E-state index contributed by atoms with van der Waals surface area (Å²) in [6.45, 7) is 0.406. The average Bonchev–Trinajstić information content (AvgIpc) is 2.09. The smallest absolute Gasteiger partial charge is 0.307 e. The molecule has 0 atom stereocenters. The van der Waals surface area contributed by atoms with Gasteiger partial charge in [0.15, 0.2) is 0 Å². The van der Waals surface area contributed by atoms with Gasteiger partial charge in [0.1, 0.15) is 0 Å². The molecule has 0 heterocycles. The number of carbonyl (C=O) groups is 1. The summed E-state index contributed by atoms with van der Waals surface area (Å²) in [5.41, 5.74) is 7.71. The van der Waals surface area contributed by atoms with Gasteiger partial charge >= 0.3 is 5.97 Å². The van der Waals surface area contributed by atoms with Crippen molar-refractivity contribution in [3.63, 3.8) is 0 Å². The predicted molar refractivity (Wildman–Crippen MR) is 52.9 cm³/mol. The highest BCUT2D eigenvalue weighted by Gasteiger charge is 2.06. The van der Waals surface area contributed by atoms with Crippen LogP contribution >= 0.6 is 0 Å². The highest BCUT2D eigenvalue weighted by Crippen LogP contribution is 2.15. The van der Waals surface area contributed by atoms with Gasteiger partial charge in [-0.2, -0.15) is 0 Å². The number of rotatable bonds is 4. The zero-order chi connectivity index (χ0) is 10.6. The van der Waals surface area contributed by atoms with Crippen LogP contribution in [0.2, 0.25) is 0 Å². The summed E-state index contributed by atoms with van der Waals surface area (Å²) in [6.07, 6.45) is -0.0241. The Morgan fingerprint density at radius 3 is 2.79 bits per heavy atom. The molecule has 1 rings (SSSR count). The van der Waals surface area contributed by atoms with E-state index in [0.29, 0.717) is 17.9 Å². The van der Waals surface area contributed by atoms with Crippen molar-refractivity contribution in [3.8, 4) is 0 Å². The predicted octanol–water partition coefficient (Wildman–Crippen LogP) is 1.04. The molecule has 0 aliphatic heterocycles. The molecule has 0 unspecified atom stereocenters. The van der Waals surface area contributed by atoms with E-state index in [1.807, 2.05) is 0 Å². The van der Waals surface area contributed by atoms with Gasteiger partial charge in [0.2, 0.25) is 0 Å². The van der Waals surface area contributed by atoms with Crippen LogP contribution in [-0.4, -0.2) is 18.2 Å². The third-order valence-electron chi connectivity index (χ3n) is 1.87. The van der Waals surface area contributed by atoms with Crippen LogP contribution in [0.3, 0.4) is 0 Å². The Morgan fingerprint density at radius 1 is 1.50 bits per heavy atom. The topological polar surface area (TPSA) is 72.5 Å². The molecule has 4 nitrogen and oxygen atoms in total. The molecule has 3 N–H and O–H groups in total. The van der Waals surface area contributed by atoms with Crippen LogP contribution in [0.1, 0.15) is 11.1 Å². The Kier molecular flexibility index (Phi) is 3.48. The van der Waals surface area contributed by atoms with Crippen molar-refractivity contribution in [2.45, 2.75) is 13.0 Å². The minimum absolute atomic E-state index is 0.0241. The first-order valence-corrected chi connectivity index (χ1v) is 4.21. The van der Waals surface area contributed by atoms with Crippen molar-refractivity contribution in [2.75, 3.05) is 12.8 Å². The number of methoxy groups -OCH3 is 1. The van der Waals surface area contributed by atoms with Crippen LogP contribution < -0.4 is 5.73 Å². The maximum atomic E-state index is 10.6. The molecule has 76 valence electrons. The molecule has 0 saturated heterocycles. The zero-order valence-corrected chi connectivity index (χ0v) is 7.99. The first-order valence-electron chi connectivity index (χ1n) is 4.21. The normalized spacial score (nSPS) is 10.1. The van der Waals surface area contributed by atoms with E-state index in [-0.39, 0.29) is 6.42 Å². The number of nitrogens with two attached hydrogens (primary N) is 1. The lowest BCUT2D eigenvalue weighted by molar-refractivity contribution is -0.136. The lowest BCUT2D eigenvalue weighted by Gasteiger charge is -2.07. The molecule has 4 heteroatoms. The summed E-state index contributed by atoms with van der Waals surface area (Å²) in [4.78, 5) is 10.6. The Hall–Kier alpha value is -1.55. The molecule has 0 aliphatic carbocycles. The number of anilines is 1. The van der Waals surface area contributed by atoms with Crippen molar-refractivity contribution in [3.05, 3.63) is 29.3 Å². The maximum Gasteiger partial charge on any atom is 0.307 e. The Morgan fingerprint density at radius 2 is 2.21 bits per heavy atom. The van der Waals surface area contributed by atoms with Gasteiger partial charge in [0, 0.05) is 12.8 Å². The molecule has 0 radical (unpaired) electrons. The van der Waals surface area contributed by atoms with Crippen molar-refractivity contribution < 1.29 is 14.6 Å². The fourth-order valence-electron chi connectivity index (χ4n) is 1.27. The summed E-state index contributed by atoms with van der Waals surface area (Å²) in [7, 11) is 1.57. The van der Waals surface area contributed by atoms with E-state index in [1.54, 1.807) is 25.3 Å². The molecule has 0 spiro atoms. The van der Waals surface area contributed by atoms with Crippen molar-refractivity contribution >= 4 is 11.7 Å². The van der Waals surface area contributed by atoms with Crippen LogP contribution in [0.4, 0.5) is 5.69 Å². The summed E-state index contributed by atoms with van der Waals surface area (Å²) in [5, 5.41) is 8.67. The van der Waals surface area contributed by atoms with Gasteiger partial charge < -0.3 is 15.6 Å². The lowest BCUT2D eigenvalue weighted by Crippen LogP contribution is -2.05. The van der Waals surface area contributed by atoms with Crippen molar-refractivity contribution in [1.29, 1.82) is 0 Å². The second kappa shape index (κ2) is 4.62. The first-order chi connectivity index (χ1) is 6.63. The van der Waals surface area contributed by atoms with Crippen molar-refractivity contribution in [2.24, 2.45) is 0 Å². The Labute approximate surface area is 82.3 Å². The number of nitrogen functional groups attached to an aromatic ring is 1. The quantitative estimate of drug-likeness (QED) is 0.704. The lowest BCUT2D eigenvalue weighted by atomic mass is 10.0. The third-order valence-corrected chi connectivity index (χ3v) is 1.87. The SMILES string of the molecule is COCc1ccc(N)cc1CC(=O)O. The van der Waals surface area contributed by atoms with E-state index in [1.165, 1.54) is 0 Å². The average molecular weight is 195 g/mol. The highest BCUT2D eigenvalue weighted by atomic mass is 16.5. The van der Waals surface area contributed by atoms with Crippen LogP contribution in [0, 0.1) is 0 Å². The van der Waals surface area contributed by atoms with Gasteiger partial charge in [-0.1, -0.05) is 6.07 Å². The first kappa shape index (κ1) is 10.5. The van der Waals surface area contributed by atoms with E-state index >= 15 is 0 Å². The summed E-state index contributed by atoms with van der Waals surface area (Å²) in [5.74, 6) is -0.868. The molecule has 0 amide bonds. The number of ether oxygens (including phenoxy) is 1. The van der Waals surface area contributed by atoms with Crippen molar-refractivity contribution in [1.82, 2.24) is 0 Å².